The van der Waals surface area contributed by atoms with Crippen LogP contribution in [0.15, 0.2) is 30.3 Å². The van der Waals surface area contributed by atoms with Crippen molar-refractivity contribution in [2.24, 2.45) is 0 Å². The van der Waals surface area contributed by atoms with Crippen LogP contribution in [-0.4, -0.2) is 38.1 Å². The standard InChI is InChI=1S/C15H26N2/c1-14(16-2)8-7-12-17(3)13-11-15-9-5-4-6-10-15/h4-6,9-10,14,16H,7-8,11-13H2,1-3H3. The Morgan fingerprint density at radius 1 is 1.18 bits per heavy atom. The minimum atomic E-state index is 0.637. The second-order valence-electron chi connectivity index (χ2n) is 4.87. The number of hydrogen-bond acceptors (Lipinski definition) is 2. The van der Waals surface area contributed by atoms with Crippen LogP contribution in [0.25, 0.3) is 0 Å². The van der Waals surface area contributed by atoms with Crippen molar-refractivity contribution in [3.8, 4) is 0 Å². The van der Waals surface area contributed by atoms with Gasteiger partial charge in [-0.1, -0.05) is 30.3 Å². The van der Waals surface area contributed by atoms with E-state index in [1.54, 1.807) is 0 Å². The van der Waals surface area contributed by atoms with Gasteiger partial charge in [-0.15, -0.1) is 0 Å². The second-order valence-corrected chi connectivity index (χ2v) is 4.87. The molecule has 0 fully saturated rings. The SMILES string of the molecule is CNC(C)CCCN(C)CCc1ccccc1. The lowest BCUT2D eigenvalue weighted by Gasteiger charge is -2.17. The summed E-state index contributed by atoms with van der Waals surface area (Å²) in [6.07, 6.45) is 3.68. The summed E-state index contributed by atoms with van der Waals surface area (Å²) in [5, 5.41) is 3.28. The van der Waals surface area contributed by atoms with E-state index in [2.05, 4.69) is 54.5 Å². The van der Waals surface area contributed by atoms with E-state index in [1.165, 1.54) is 24.9 Å². The van der Waals surface area contributed by atoms with Gasteiger partial charge in [-0.05, 0) is 52.4 Å². The van der Waals surface area contributed by atoms with Crippen molar-refractivity contribution in [3.63, 3.8) is 0 Å². The van der Waals surface area contributed by atoms with Gasteiger partial charge in [0.1, 0.15) is 0 Å². The Morgan fingerprint density at radius 3 is 2.53 bits per heavy atom. The minimum absolute atomic E-state index is 0.637. The van der Waals surface area contributed by atoms with Crippen LogP contribution in [0.2, 0.25) is 0 Å². The molecular formula is C15H26N2. The van der Waals surface area contributed by atoms with E-state index in [1.807, 2.05) is 7.05 Å². The number of likely N-dealkylation sites (N-methyl/N-ethyl adjacent to an activating group) is 1. The van der Waals surface area contributed by atoms with Crippen LogP contribution in [-0.2, 0) is 6.42 Å². The van der Waals surface area contributed by atoms with Crippen LogP contribution in [0.1, 0.15) is 25.3 Å². The van der Waals surface area contributed by atoms with E-state index in [0.29, 0.717) is 6.04 Å². The molecule has 1 aromatic rings. The van der Waals surface area contributed by atoms with Gasteiger partial charge in [0, 0.05) is 12.6 Å². The maximum absolute atomic E-state index is 3.28. The summed E-state index contributed by atoms with van der Waals surface area (Å²) in [5.41, 5.74) is 1.43. The molecular weight excluding hydrogens is 208 g/mol. The van der Waals surface area contributed by atoms with Gasteiger partial charge in [-0.3, -0.25) is 0 Å². The topological polar surface area (TPSA) is 15.3 Å². The fourth-order valence-electron chi connectivity index (χ4n) is 1.89. The molecule has 0 aromatic heterocycles. The molecule has 0 aliphatic rings. The van der Waals surface area contributed by atoms with Crippen molar-refractivity contribution in [3.05, 3.63) is 35.9 Å². The highest BCUT2D eigenvalue weighted by molar-refractivity contribution is 5.14. The molecule has 0 bridgehead atoms. The molecule has 0 heterocycles. The smallest absolute Gasteiger partial charge is 0.00362 e. The van der Waals surface area contributed by atoms with Gasteiger partial charge in [0.15, 0.2) is 0 Å². The molecule has 1 rings (SSSR count). The zero-order valence-electron chi connectivity index (χ0n) is 11.4. The summed E-state index contributed by atoms with van der Waals surface area (Å²) in [6.45, 7) is 4.58. The van der Waals surface area contributed by atoms with Crippen molar-refractivity contribution in [1.82, 2.24) is 10.2 Å². The van der Waals surface area contributed by atoms with Crippen molar-refractivity contribution in [2.45, 2.75) is 32.2 Å². The van der Waals surface area contributed by atoms with Crippen molar-refractivity contribution in [2.75, 3.05) is 27.2 Å². The molecule has 2 nitrogen and oxygen atoms in total. The van der Waals surface area contributed by atoms with Gasteiger partial charge < -0.3 is 10.2 Å². The molecule has 0 radical (unpaired) electrons. The normalized spacial score (nSPS) is 12.9. The highest BCUT2D eigenvalue weighted by atomic mass is 15.1. The van der Waals surface area contributed by atoms with Gasteiger partial charge in [0.05, 0.1) is 0 Å². The Labute approximate surface area is 106 Å². The lowest BCUT2D eigenvalue weighted by molar-refractivity contribution is 0.323. The summed E-state index contributed by atoms with van der Waals surface area (Å²) in [6, 6.07) is 11.4. The molecule has 17 heavy (non-hydrogen) atoms. The molecule has 0 saturated carbocycles. The zero-order valence-corrected chi connectivity index (χ0v) is 11.4. The Hall–Kier alpha value is -0.860. The maximum atomic E-state index is 3.28. The summed E-state index contributed by atoms with van der Waals surface area (Å²) >= 11 is 0. The van der Waals surface area contributed by atoms with Crippen LogP contribution in [0.4, 0.5) is 0 Å². The summed E-state index contributed by atoms with van der Waals surface area (Å²) in [5.74, 6) is 0. The largest absolute Gasteiger partial charge is 0.317 e. The summed E-state index contributed by atoms with van der Waals surface area (Å²) < 4.78 is 0. The van der Waals surface area contributed by atoms with Gasteiger partial charge in [-0.25, -0.2) is 0 Å². The molecule has 1 atom stereocenters. The monoisotopic (exact) mass is 234 g/mol. The molecule has 0 aliphatic heterocycles. The van der Waals surface area contributed by atoms with Crippen LogP contribution in [0.3, 0.4) is 0 Å². The molecule has 0 saturated heterocycles. The molecule has 96 valence electrons. The average molecular weight is 234 g/mol. The molecule has 0 amide bonds. The first-order chi connectivity index (χ1) is 8.22. The minimum Gasteiger partial charge on any atom is -0.317 e. The van der Waals surface area contributed by atoms with Crippen molar-refractivity contribution >= 4 is 0 Å². The van der Waals surface area contributed by atoms with Crippen LogP contribution >= 0.6 is 0 Å². The predicted molar refractivity (Wildman–Crippen MR) is 75.4 cm³/mol. The molecule has 1 unspecified atom stereocenters. The molecule has 1 aromatic carbocycles. The molecule has 1 N–H and O–H groups in total. The highest BCUT2D eigenvalue weighted by Gasteiger charge is 2.01. The quantitative estimate of drug-likeness (QED) is 0.743. The zero-order chi connectivity index (χ0) is 12.5. The van der Waals surface area contributed by atoms with E-state index in [-0.39, 0.29) is 0 Å². The van der Waals surface area contributed by atoms with Crippen molar-refractivity contribution < 1.29 is 0 Å². The fourth-order valence-corrected chi connectivity index (χ4v) is 1.89. The van der Waals surface area contributed by atoms with E-state index in [0.717, 1.165) is 13.0 Å². The van der Waals surface area contributed by atoms with Crippen LogP contribution in [0.5, 0.6) is 0 Å². The number of rotatable bonds is 8. The third-order valence-corrected chi connectivity index (χ3v) is 3.29. The average Bonchev–Trinajstić information content (AvgIpc) is 2.37. The first-order valence-electron chi connectivity index (χ1n) is 6.62. The van der Waals surface area contributed by atoms with Crippen LogP contribution in [0, 0.1) is 0 Å². The number of benzene rings is 1. The van der Waals surface area contributed by atoms with Gasteiger partial charge >= 0.3 is 0 Å². The predicted octanol–water partition coefficient (Wildman–Crippen LogP) is 2.55. The third-order valence-electron chi connectivity index (χ3n) is 3.29. The summed E-state index contributed by atoms with van der Waals surface area (Å²) in [4.78, 5) is 2.43. The number of nitrogens with zero attached hydrogens (tertiary/aromatic N) is 1. The Kier molecular flexibility index (Phi) is 6.90. The van der Waals surface area contributed by atoms with E-state index in [9.17, 15) is 0 Å². The number of hydrogen-bond donors (Lipinski definition) is 1. The van der Waals surface area contributed by atoms with Gasteiger partial charge in [-0.2, -0.15) is 0 Å². The molecule has 0 aliphatic carbocycles. The maximum Gasteiger partial charge on any atom is 0.00362 e. The first-order valence-corrected chi connectivity index (χ1v) is 6.62. The Balaban J connectivity index is 2.11. The summed E-state index contributed by atoms with van der Waals surface area (Å²) in [7, 11) is 4.25. The van der Waals surface area contributed by atoms with Crippen molar-refractivity contribution in [1.29, 1.82) is 0 Å². The van der Waals surface area contributed by atoms with Gasteiger partial charge in [0.2, 0.25) is 0 Å². The highest BCUT2D eigenvalue weighted by Crippen LogP contribution is 2.02. The lowest BCUT2D eigenvalue weighted by atomic mass is 10.1. The lowest BCUT2D eigenvalue weighted by Crippen LogP contribution is -2.26. The molecule has 2 heteroatoms. The second kappa shape index (κ2) is 8.26. The Bertz CT molecular complexity index is 284. The van der Waals surface area contributed by atoms with E-state index >= 15 is 0 Å². The Morgan fingerprint density at radius 2 is 1.88 bits per heavy atom. The van der Waals surface area contributed by atoms with Crippen LogP contribution < -0.4 is 5.32 Å². The van der Waals surface area contributed by atoms with E-state index < -0.39 is 0 Å². The fraction of sp³-hybridized carbons (Fsp3) is 0.600. The third kappa shape index (κ3) is 6.44. The first kappa shape index (κ1) is 14.2. The van der Waals surface area contributed by atoms with E-state index in [4.69, 9.17) is 0 Å². The van der Waals surface area contributed by atoms with Gasteiger partial charge in [0.25, 0.3) is 0 Å². The molecule has 0 spiro atoms. The number of nitrogens with one attached hydrogen (secondary N) is 1.